The lowest BCUT2D eigenvalue weighted by atomic mass is 9.78. The van der Waals surface area contributed by atoms with Gasteiger partial charge in [-0.1, -0.05) is 20.1 Å². The maximum Gasteiger partial charge on any atom is 0.387 e. The van der Waals surface area contributed by atoms with Crippen LogP contribution in [0, 0.1) is 16.7 Å². The van der Waals surface area contributed by atoms with Crippen molar-refractivity contribution in [3.8, 4) is 6.07 Å². The van der Waals surface area contributed by atoms with Gasteiger partial charge in [-0.2, -0.15) is 14.0 Å². The van der Waals surface area contributed by atoms with Gasteiger partial charge in [-0.15, -0.1) is 0 Å². The van der Waals surface area contributed by atoms with E-state index in [-0.39, 0.29) is 11.2 Å². The van der Waals surface area contributed by atoms with Gasteiger partial charge in [-0.3, -0.25) is 4.90 Å². The second-order valence-electron chi connectivity index (χ2n) is 5.71. The molecule has 116 valence electrons. The highest BCUT2D eigenvalue weighted by atomic mass is 19.3. The molecule has 5 heteroatoms. The number of nitriles is 1. The number of rotatable bonds is 7. The third-order valence-electron chi connectivity index (χ3n) is 3.77. The van der Waals surface area contributed by atoms with E-state index >= 15 is 0 Å². The van der Waals surface area contributed by atoms with E-state index in [1.165, 1.54) is 12.2 Å². The summed E-state index contributed by atoms with van der Waals surface area (Å²) in [6, 6.07) is 2.24. The summed E-state index contributed by atoms with van der Waals surface area (Å²) in [6.07, 6.45) is 5.23. The molecule has 1 aliphatic rings. The van der Waals surface area contributed by atoms with E-state index < -0.39 is 6.61 Å². The molecule has 1 saturated heterocycles. The Morgan fingerprint density at radius 1 is 1.48 bits per heavy atom. The van der Waals surface area contributed by atoms with Crippen molar-refractivity contribution in [1.82, 2.24) is 4.90 Å². The van der Waals surface area contributed by atoms with Gasteiger partial charge in [0.15, 0.2) is 0 Å². The van der Waals surface area contributed by atoms with Crippen molar-refractivity contribution in [2.45, 2.75) is 32.8 Å². The first-order chi connectivity index (χ1) is 9.88. The van der Waals surface area contributed by atoms with Crippen LogP contribution in [-0.2, 0) is 4.74 Å². The predicted octanol–water partition coefficient (Wildman–Crippen LogP) is 3.87. The van der Waals surface area contributed by atoms with Crippen molar-refractivity contribution in [3.05, 3.63) is 36.6 Å². The van der Waals surface area contributed by atoms with E-state index in [9.17, 15) is 8.78 Å². The Kier molecular flexibility index (Phi) is 6.57. The van der Waals surface area contributed by atoms with Crippen LogP contribution in [0.1, 0.15) is 26.2 Å². The highest BCUT2D eigenvalue weighted by Crippen LogP contribution is 2.34. The Bertz CT molecular complexity index is 444. The molecule has 21 heavy (non-hydrogen) atoms. The van der Waals surface area contributed by atoms with Crippen LogP contribution < -0.4 is 0 Å². The second-order valence-corrected chi connectivity index (χ2v) is 5.71. The number of hydrogen-bond donors (Lipinski definition) is 0. The summed E-state index contributed by atoms with van der Waals surface area (Å²) in [5.41, 5.74) is 0.794. The Labute approximate surface area is 125 Å². The number of nitrogens with zero attached hydrogens (tertiary/aromatic N) is 2. The maximum absolute atomic E-state index is 12.2. The predicted molar refractivity (Wildman–Crippen MR) is 78.5 cm³/mol. The molecule has 0 N–H and O–H groups in total. The Morgan fingerprint density at radius 2 is 2.10 bits per heavy atom. The van der Waals surface area contributed by atoms with Crippen molar-refractivity contribution in [1.29, 1.82) is 5.26 Å². The monoisotopic (exact) mass is 296 g/mol. The summed E-state index contributed by atoms with van der Waals surface area (Å²) in [4.78, 5) is 2.21. The number of ether oxygens (including phenoxy) is 1. The number of alkyl halides is 2. The molecule has 1 aliphatic heterocycles. The van der Waals surface area contributed by atoms with E-state index in [0.717, 1.165) is 25.9 Å². The topological polar surface area (TPSA) is 36.3 Å². The van der Waals surface area contributed by atoms with E-state index in [0.29, 0.717) is 18.5 Å². The molecular formula is C16H22F2N2O. The molecule has 0 amide bonds. The molecule has 0 atom stereocenters. The Hall–Kier alpha value is -1.67. The zero-order chi connectivity index (χ0) is 15.9. The molecule has 0 spiro atoms. The number of likely N-dealkylation sites (tertiary alicyclic amines) is 1. The van der Waals surface area contributed by atoms with Crippen LogP contribution in [0.25, 0.3) is 0 Å². The fourth-order valence-corrected chi connectivity index (χ4v) is 2.40. The lowest BCUT2D eigenvalue weighted by Gasteiger charge is -2.38. The van der Waals surface area contributed by atoms with Crippen LogP contribution in [0.15, 0.2) is 36.6 Å². The van der Waals surface area contributed by atoms with Crippen molar-refractivity contribution in [3.63, 3.8) is 0 Å². The first-order valence-electron chi connectivity index (χ1n) is 6.94. The highest BCUT2D eigenvalue weighted by molar-refractivity contribution is 5.24. The van der Waals surface area contributed by atoms with Crippen LogP contribution in [0.2, 0.25) is 0 Å². The smallest absolute Gasteiger partial charge is 0.387 e. The van der Waals surface area contributed by atoms with Crippen molar-refractivity contribution >= 4 is 0 Å². The molecular weight excluding hydrogens is 274 g/mol. The number of piperidine rings is 1. The van der Waals surface area contributed by atoms with Gasteiger partial charge in [-0.05, 0) is 49.1 Å². The molecule has 0 aromatic rings. The molecule has 1 rings (SSSR count). The molecule has 0 bridgehead atoms. The molecule has 0 saturated carbocycles. The highest BCUT2D eigenvalue weighted by Gasteiger charge is 2.29. The summed E-state index contributed by atoms with van der Waals surface area (Å²) >= 11 is 0. The number of allylic oxidation sites excluding steroid dienone is 1. The Balaban J connectivity index is 2.48. The van der Waals surface area contributed by atoms with E-state index in [4.69, 9.17) is 5.26 Å². The van der Waals surface area contributed by atoms with E-state index in [1.54, 1.807) is 0 Å². The van der Waals surface area contributed by atoms with Gasteiger partial charge < -0.3 is 4.74 Å². The van der Waals surface area contributed by atoms with Crippen LogP contribution in [0.3, 0.4) is 0 Å². The first-order valence-corrected chi connectivity index (χ1v) is 6.94. The molecule has 0 radical (unpaired) electrons. The molecule has 0 unspecified atom stereocenters. The largest absolute Gasteiger partial charge is 0.435 e. The zero-order valence-electron chi connectivity index (χ0n) is 12.4. The van der Waals surface area contributed by atoms with Gasteiger partial charge in [0.1, 0.15) is 5.76 Å². The van der Waals surface area contributed by atoms with Gasteiger partial charge in [0.2, 0.25) is 0 Å². The lowest BCUT2D eigenvalue weighted by molar-refractivity contribution is -0.0920. The molecule has 0 aromatic heterocycles. The van der Waals surface area contributed by atoms with E-state index in [1.807, 2.05) is 0 Å². The minimum Gasteiger partial charge on any atom is -0.435 e. The summed E-state index contributed by atoms with van der Waals surface area (Å²) in [5.74, 6) is 0.0290. The third kappa shape index (κ3) is 6.09. The second kappa shape index (κ2) is 7.94. The summed E-state index contributed by atoms with van der Waals surface area (Å²) in [7, 11) is 0. The van der Waals surface area contributed by atoms with Gasteiger partial charge in [0, 0.05) is 13.0 Å². The van der Waals surface area contributed by atoms with Gasteiger partial charge >= 0.3 is 6.61 Å². The molecule has 1 fully saturated rings. The average molecular weight is 296 g/mol. The first kappa shape index (κ1) is 17.4. The summed E-state index contributed by atoms with van der Waals surface area (Å²) in [5, 5.41) is 8.82. The van der Waals surface area contributed by atoms with Gasteiger partial charge in [0.25, 0.3) is 0 Å². The van der Waals surface area contributed by atoms with Crippen LogP contribution >= 0.6 is 0 Å². The fraction of sp³-hybridized carbons (Fsp3) is 0.562. The zero-order valence-corrected chi connectivity index (χ0v) is 12.4. The molecule has 3 nitrogen and oxygen atoms in total. The minimum atomic E-state index is -2.86. The minimum absolute atomic E-state index is 0.0290. The maximum atomic E-state index is 12.2. The quantitative estimate of drug-likeness (QED) is 0.528. The van der Waals surface area contributed by atoms with Crippen molar-refractivity contribution < 1.29 is 13.5 Å². The third-order valence-corrected chi connectivity index (χ3v) is 3.77. The normalized spacial score (nSPS) is 19.1. The SMILES string of the molecule is C=C/C(=C\C(=C)CN1CCC(C)(CC#N)CC1)OC(F)F. The van der Waals surface area contributed by atoms with Crippen LogP contribution in [0.5, 0.6) is 0 Å². The van der Waals surface area contributed by atoms with E-state index in [2.05, 4.69) is 35.8 Å². The van der Waals surface area contributed by atoms with Crippen molar-refractivity contribution in [2.75, 3.05) is 19.6 Å². The number of halogens is 2. The summed E-state index contributed by atoms with van der Waals surface area (Å²) < 4.78 is 28.6. The molecule has 0 aliphatic carbocycles. The Morgan fingerprint density at radius 3 is 2.57 bits per heavy atom. The lowest BCUT2D eigenvalue weighted by Crippen LogP contribution is -2.39. The average Bonchev–Trinajstić information content (AvgIpc) is 2.40. The van der Waals surface area contributed by atoms with Crippen molar-refractivity contribution in [2.24, 2.45) is 5.41 Å². The van der Waals surface area contributed by atoms with Gasteiger partial charge in [-0.25, -0.2) is 0 Å². The number of hydrogen-bond acceptors (Lipinski definition) is 3. The standard InChI is InChI=1S/C16H22F2N2O/c1-4-14(21-15(17)18)11-13(2)12-20-9-6-16(3,5-8-19)7-10-20/h4,11,15H,1-2,5-7,9-10,12H2,3H3/b14-11+. The molecule has 1 heterocycles. The summed E-state index contributed by atoms with van der Waals surface area (Å²) in [6.45, 7) is 8.95. The van der Waals surface area contributed by atoms with Crippen LogP contribution in [-0.4, -0.2) is 31.1 Å². The van der Waals surface area contributed by atoms with Crippen LogP contribution in [0.4, 0.5) is 8.78 Å². The molecule has 0 aromatic carbocycles. The van der Waals surface area contributed by atoms with Gasteiger partial charge in [0.05, 0.1) is 6.07 Å². The fourth-order valence-electron chi connectivity index (χ4n) is 2.40.